The van der Waals surface area contributed by atoms with E-state index in [1.807, 2.05) is 0 Å². The number of benzene rings is 9. The molecule has 1 aliphatic carbocycles. The van der Waals surface area contributed by atoms with Crippen molar-refractivity contribution in [3.8, 4) is 11.1 Å². The third kappa shape index (κ3) is 6.40. The van der Waals surface area contributed by atoms with Crippen LogP contribution in [0.1, 0.15) is 36.1 Å². The zero-order valence-corrected chi connectivity index (χ0v) is 40.1. The monoisotopic (exact) mass is 850 g/mol. The van der Waals surface area contributed by atoms with E-state index >= 15 is 0 Å². The second kappa shape index (κ2) is 15.5. The number of rotatable bonds is 10. The van der Waals surface area contributed by atoms with Crippen molar-refractivity contribution in [3.63, 3.8) is 0 Å². The molecule has 0 radical (unpaired) electrons. The van der Waals surface area contributed by atoms with Crippen LogP contribution < -0.4 is 9.80 Å². The van der Waals surface area contributed by atoms with Gasteiger partial charge in [-0.2, -0.15) is 0 Å². The lowest BCUT2D eigenvalue weighted by Gasteiger charge is -2.52. The van der Waals surface area contributed by atoms with Gasteiger partial charge in [-0.1, -0.05) is 168 Å². The summed E-state index contributed by atoms with van der Waals surface area (Å²) in [7, 11) is -4.30. The Morgan fingerprint density at radius 2 is 0.794 bits per heavy atom. The van der Waals surface area contributed by atoms with E-state index in [0.717, 1.165) is 18.5 Å². The highest BCUT2D eigenvalue weighted by Crippen LogP contribution is 2.64. The number of anilines is 6. The van der Waals surface area contributed by atoms with E-state index in [2.05, 4.69) is 245 Å². The van der Waals surface area contributed by atoms with Crippen LogP contribution in [0, 0.1) is 0 Å². The molecule has 0 atom stereocenters. The van der Waals surface area contributed by atoms with Crippen molar-refractivity contribution < 1.29 is 0 Å². The molecule has 9 aromatic rings. The fourth-order valence-electron chi connectivity index (χ4n) is 11.7. The first-order valence-corrected chi connectivity index (χ1v) is 29.9. The fraction of sp³-hybridized carbons (Fsp3) is 0.186. The number of aryl methyl sites for hydroxylation is 2. The molecule has 0 fully saturated rings. The van der Waals surface area contributed by atoms with Gasteiger partial charge >= 0.3 is 0 Å². The molecule has 0 saturated heterocycles. The van der Waals surface area contributed by atoms with Gasteiger partial charge in [-0.3, -0.25) is 0 Å². The van der Waals surface area contributed by atoms with E-state index in [1.165, 1.54) is 88.6 Å². The van der Waals surface area contributed by atoms with Crippen LogP contribution in [-0.4, -0.2) is 16.1 Å². The van der Waals surface area contributed by atoms with E-state index in [0.29, 0.717) is 0 Å². The lowest BCUT2D eigenvalue weighted by atomic mass is 9.89. The SMILES string of the molecule is CCc1ccc(N(c2ccccc2)c2ccc3c4c(c5ccccc5c3c2)-c2c(cc(N(c3ccccc3)c3ccc(CC)cc3)c3ccccc23)C4([Si](C)(C)C)[Si](C)(C)C)cc1. The van der Waals surface area contributed by atoms with Gasteiger partial charge < -0.3 is 9.80 Å². The largest absolute Gasteiger partial charge is 0.310 e. The highest BCUT2D eigenvalue weighted by atomic mass is 28.4. The number of hydrogen-bond acceptors (Lipinski definition) is 2. The van der Waals surface area contributed by atoms with E-state index in [9.17, 15) is 0 Å². The number of nitrogens with zero attached hydrogens (tertiary/aromatic N) is 2. The summed E-state index contributed by atoms with van der Waals surface area (Å²) < 4.78 is -0.128. The van der Waals surface area contributed by atoms with E-state index < -0.39 is 16.1 Å². The Morgan fingerprint density at radius 1 is 0.365 bits per heavy atom. The summed E-state index contributed by atoms with van der Waals surface area (Å²) in [5.41, 5.74) is 15.8. The van der Waals surface area contributed by atoms with E-state index in [1.54, 1.807) is 5.56 Å². The Balaban J connectivity index is 1.33. The Labute approximate surface area is 376 Å². The molecule has 0 heterocycles. The Kier molecular flexibility index (Phi) is 10.1. The standard InChI is InChI=1S/C59H58N2Si2/c1-9-41-29-33-45(34-30-41)60(43-21-13-11-14-22-43)47-37-38-52-53(39-47)48-25-17-19-27-50(48)57-56-51-28-20-18-26-49(51)55(40-54(56)59(58(52)57,62(3,4)5)63(6,7)8)61(44-23-15-12-16-24-44)46-35-31-42(10-2)32-36-46/h11-40H,9-10H2,1-8H3. The highest BCUT2D eigenvalue weighted by molar-refractivity contribution is 7.00. The molecular formula is C59H58N2Si2. The number of hydrogen-bond donors (Lipinski definition) is 0. The predicted molar refractivity (Wildman–Crippen MR) is 280 cm³/mol. The summed E-state index contributed by atoms with van der Waals surface area (Å²) in [5.74, 6) is 0. The maximum absolute atomic E-state index is 2.67. The molecule has 0 aromatic heterocycles. The summed E-state index contributed by atoms with van der Waals surface area (Å²) in [4.78, 5) is 4.96. The Bertz CT molecular complexity index is 3130. The maximum atomic E-state index is 2.67. The normalized spacial score (nSPS) is 13.3. The van der Waals surface area contributed by atoms with Crippen molar-refractivity contribution in [2.45, 2.75) is 70.6 Å². The zero-order valence-electron chi connectivity index (χ0n) is 38.1. The van der Waals surface area contributed by atoms with Gasteiger partial charge in [0.2, 0.25) is 0 Å². The molecule has 0 amide bonds. The van der Waals surface area contributed by atoms with Gasteiger partial charge in [0, 0.05) is 38.5 Å². The minimum absolute atomic E-state index is 0.128. The van der Waals surface area contributed by atoms with Gasteiger partial charge in [0.15, 0.2) is 0 Å². The van der Waals surface area contributed by atoms with Gasteiger partial charge in [0.1, 0.15) is 0 Å². The molecule has 0 aliphatic heterocycles. The predicted octanol–water partition coefficient (Wildman–Crippen LogP) is 17.2. The van der Waals surface area contributed by atoms with Crippen LogP contribution in [0.15, 0.2) is 182 Å². The first-order valence-electron chi connectivity index (χ1n) is 22.9. The molecule has 0 unspecified atom stereocenters. The van der Waals surface area contributed by atoms with Crippen LogP contribution in [0.3, 0.4) is 0 Å². The second-order valence-corrected chi connectivity index (χ2v) is 30.5. The third-order valence-electron chi connectivity index (χ3n) is 14.0. The van der Waals surface area contributed by atoms with Gasteiger partial charge in [-0.15, -0.1) is 0 Å². The minimum atomic E-state index is -2.15. The van der Waals surface area contributed by atoms with Crippen LogP contribution in [-0.2, 0) is 17.5 Å². The summed E-state index contributed by atoms with van der Waals surface area (Å²) in [6.45, 7) is 20.4. The molecule has 0 saturated carbocycles. The van der Waals surface area contributed by atoms with Crippen LogP contribution in [0.5, 0.6) is 0 Å². The average molecular weight is 851 g/mol. The maximum Gasteiger partial charge on any atom is 0.0579 e. The Morgan fingerprint density at radius 3 is 1.32 bits per heavy atom. The van der Waals surface area contributed by atoms with Crippen LogP contribution in [0.4, 0.5) is 34.1 Å². The van der Waals surface area contributed by atoms with Crippen molar-refractivity contribution >= 4 is 82.6 Å². The Hall–Kier alpha value is -6.21. The number of para-hydroxylation sites is 2. The summed E-state index contributed by atoms with van der Waals surface area (Å²) in [6, 6.07) is 68.9. The summed E-state index contributed by atoms with van der Waals surface area (Å²) >= 11 is 0. The van der Waals surface area contributed by atoms with Crippen molar-refractivity contribution in [1.29, 1.82) is 0 Å². The molecule has 0 N–H and O–H groups in total. The van der Waals surface area contributed by atoms with Crippen molar-refractivity contribution in [1.82, 2.24) is 0 Å². The third-order valence-corrected chi connectivity index (χ3v) is 24.1. The van der Waals surface area contributed by atoms with Gasteiger partial charge in [-0.25, -0.2) is 0 Å². The fourth-order valence-corrected chi connectivity index (χ4v) is 24.7. The molecule has 1 aliphatic rings. The lowest BCUT2D eigenvalue weighted by Crippen LogP contribution is -2.63. The van der Waals surface area contributed by atoms with E-state index in [-0.39, 0.29) is 4.66 Å². The van der Waals surface area contributed by atoms with Crippen LogP contribution in [0.2, 0.25) is 39.3 Å². The van der Waals surface area contributed by atoms with Crippen molar-refractivity contribution in [3.05, 3.63) is 204 Å². The van der Waals surface area contributed by atoms with Crippen molar-refractivity contribution in [2.24, 2.45) is 0 Å². The lowest BCUT2D eigenvalue weighted by molar-refractivity contribution is 0.963. The summed E-state index contributed by atoms with van der Waals surface area (Å²) in [5, 5.41) is 7.99. The topological polar surface area (TPSA) is 6.48 Å². The molecule has 4 heteroatoms. The zero-order chi connectivity index (χ0) is 43.7. The van der Waals surface area contributed by atoms with Crippen LogP contribution in [0.25, 0.3) is 43.4 Å². The molecule has 0 bridgehead atoms. The molecular weight excluding hydrogens is 793 g/mol. The quantitative estimate of drug-likeness (QED) is 0.0999. The first kappa shape index (κ1) is 40.8. The molecule has 9 aromatic carbocycles. The number of fused-ring (bicyclic) bond motifs is 10. The molecule has 0 spiro atoms. The molecule has 63 heavy (non-hydrogen) atoms. The van der Waals surface area contributed by atoms with Gasteiger partial charge in [-0.05, 0) is 140 Å². The summed E-state index contributed by atoms with van der Waals surface area (Å²) in [6.07, 6.45) is 2.03. The van der Waals surface area contributed by atoms with Crippen LogP contribution >= 0.6 is 0 Å². The smallest absolute Gasteiger partial charge is 0.0579 e. The first-order chi connectivity index (χ1) is 30.5. The molecule has 10 rings (SSSR count). The average Bonchev–Trinajstić information content (AvgIpc) is 3.64. The van der Waals surface area contributed by atoms with Crippen molar-refractivity contribution in [2.75, 3.05) is 9.80 Å². The van der Waals surface area contributed by atoms with Gasteiger partial charge in [0.05, 0.1) is 21.8 Å². The van der Waals surface area contributed by atoms with E-state index in [4.69, 9.17) is 0 Å². The highest BCUT2D eigenvalue weighted by Gasteiger charge is 2.60. The van der Waals surface area contributed by atoms with Gasteiger partial charge in [0.25, 0.3) is 0 Å². The second-order valence-electron chi connectivity index (χ2n) is 19.5. The molecule has 2 nitrogen and oxygen atoms in total. The molecule has 312 valence electrons. The minimum Gasteiger partial charge on any atom is -0.310 e.